The van der Waals surface area contributed by atoms with E-state index in [-0.39, 0.29) is 6.04 Å². The average molecular weight is 137 g/mol. The van der Waals surface area contributed by atoms with Gasteiger partial charge in [-0.2, -0.15) is 0 Å². The van der Waals surface area contributed by atoms with Crippen LogP contribution < -0.4 is 5.73 Å². The highest BCUT2D eigenvalue weighted by Crippen LogP contribution is 2.34. The minimum absolute atomic E-state index is 0.205. The standard InChI is InChI=1S/C9H15N/c1-7-4-8(10)6-9(2,3)5-7/h4,8H,5-6H2,1-3H3. The van der Waals surface area contributed by atoms with E-state index in [4.69, 9.17) is 0 Å². The molecule has 1 heteroatoms. The van der Waals surface area contributed by atoms with Gasteiger partial charge in [0.2, 0.25) is 0 Å². The van der Waals surface area contributed by atoms with Crippen molar-refractivity contribution in [2.75, 3.05) is 0 Å². The Balaban J connectivity index is 2.70. The molecule has 1 aliphatic rings. The quantitative estimate of drug-likeness (QED) is 0.457. The first-order valence-corrected chi connectivity index (χ1v) is 3.85. The molecule has 1 nitrogen and oxygen atoms in total. The Morgan fingerprint density at radius 3 is 2.60 bits per heavy atom. The molecule has 0 aromatic carbocycles. The third kappa shape index (κ3) is 1.84. The van der Waals surface area contributed by atoms with Crippen molar-refractivity contribution < 1.29 is 0 Å². The smallest absolute Gasteiger partial charge is 0.0621 e. The number of allylic oxidation sites excluding steroid dienone is 1. The van der Waals surface area contributed by atoms with Gasteiger partial charge in [-0.3, -0.25) is 0 Å². The zero-order chi connectivity index (χ0) is 7.78. The van der Waals surface area contributed by atoms with E-state index < -0.39 is 0 Å². The van der Waals surface area contributed by atoms with Gasteiger partial charge in [0.1, 0.15) is 0 Å². The molecule has 0 bridgehead atoms. The van der Waals surface area contributed by atoms with Crippen LogP contribution in [0.25, 0.3) is 0 Å². The maximum absolute atomic E-state index is 9.34. The summed E-state index contributed by atoms with van der Waals surface area (Å²) in [7, 11) is 0. The van der Waals surface area contributed by atoms with Crippen molar-refractivity contribution in [1.29, 1.82) is 0 Å². The Hall–Kier alpha value is -0.300. The van der Waals surface area contributed by atoms with Gasteiger partial charge in [0, 0.05) is 0 Å². The predicted molar refractivity (Wildman–Crippen MR) is 42.7 cm³/mol. The third-order valence-corrected chi connectivity index (χ3v) is 2.00. The summed E-state index contributed by atoms with van der Waals surface area (Å²) >= 11 is 0. The Morgan fingerprint density at radius 2 is 2.20 bits per heavy atom. The molecule has 0 N–H and O–H groups in total. The van der Waals surface area contributed by atoms with Gasteiger partial charge in [-0.05, 0) is 25.2 Å². The first kappa shape index (κ1) is 7.80. The van der Waals surface area contributed by atoms with Crippen molar-refractivity contribution in [3.05, 3.63) is 11.6 Å². The van der Waals surface area contributed by atoms with Crippen molar-refractivity contribution in [2.24, 2.45) is 5.41 Å². The zero-order valence-electron chi connectivity index (χ0n) is 7.02. The van der Waals surface area contributed by atoms with Crippen LogP contribution in [0.2, 0.25) is 0 Å². The van der Waals surface area contributed by atoms with Crippen LogP contribution in [0.4, 0.5) is 0 Å². The van der Waals surface area contributed by atoms with E-state index >= 15 is 0 Å². The van der Waals surface area contributed by atoms with Gasteiger partial charge in [0.15, 0.2) is 0 Å². The Bertz CT molecular complexity index is 156. The summed E-state index contributed by atoms with van der Waals surface area (Å²) in [5.74, 6) is 0. The van der Waals surface area contributed by atoms with Crippen LogP contribution in [0.15, 0.2) is 11.6 Å². The molecule has 1 atom stereocenters. The average Bonchev–Trinajstić information content (AvgIpc) is 1.54. The largest absolute Gasteiger partial charge is 0.137 e. The normalized spacial score (nSPS) is 31.6. The van der Waals surface area contributed by atoms with Gasteiger partial charge in [-0.15, -0.1) is 5.73 Å². The molecule has 56 valence electrons. The lowest BCUT2D eigenvalue weighted by Gasteiger charge is -2.30. The van der Waals surface area contributed by atoms with Crippen molar-refractivity contribution >= 4 is 0 Å². The molecule has 1 rings (SSSR count). The second kappa shape index (κ2) is 2.39. The van der Waals surface area contributed by atoms with Crippen molar-refractivity contribution in [1.82, 2.24) is 5.73 Å². The highest BCUT2D eigenvalue weighted by molar-refractivity contribution is 5.11. The lowest BCUT2D eigenvalue weighted by molar-refractivity contribution is 0.299. The molecule has 0 amide bonds. The van der Waals surface area contributed by atoms with E-state index in [9.17, 15) is 5.73 Å². The van der Waals surface area contributed by atoms with Crippen molar-refractivity contribution in [2.45, 2.75) is 39.7 Å². The molecule has 1 unspecified atom stereocenters. The number of hydrogen-bond donors (Lipinski definition) is 0. The molecular formula is C9H15N. The Labute approximate surface area is 63.3 Å². The van der Waals surface area contributed by atoms with Gasteiger partial charge < -0.3 is 0 Å². The van der Waals surface area contributed by atoms with E-state index in [0.717, 1.165) is 12.8 Å². The maximum Gasteiger partial charge on any atom is 0.0621 e. The van der Waals surface area contributed by atoms with Crippen LogP contribution in [0.1, 0.15) is 33.6 Å². The van der Waals surface area contributed by atoms with Crippen LogP contribution in [0, 0.1) is 5.41 Å². The summed E-state index contributed by atoms with van der Waals surface area (Å²) in [6.45, 7) is 6.49. The first-order chi connectivity index (χ1) is 4.49. The molecular weight excluding hydrogens is 122 g/mol. The first-order valence-electron chi connectivity index (χ1n) is 3.85. The fourth-order valence-electron chi connectivity index (χ4n) is 1.84. The number of rotatable bonds is 0. The van der Waals surface area contributed by atoms with Crippen LogP contribution >= 0.6 is 0 Å². The van der Waals surface area contributed by atoms with Crippen molar-refractivity contribution in [3.63, 3.8) is 0 Å². The molecule has 1 aliphatic carbocycles. The van der Waals surface area contributed by atoms with Crippen LogP contribution in [-0.2, 0) is 0 Å². The molecule has 0 heterocycles. The molecule has 0 aromatic rings. The second-order valence-corrected chi connectivity index (χ2v) is 4.13. The summed E-state index contributed by atoms with van der Waals surface area (Å²) < 4.78 is 0. The summed E-state index contributed by atoms with van der Waals surface area (Å²) in [6, 6.07) is -0.205. The SMILES string of the molecule is CC1=CC([N])CC(C)(C)C1. The number of nitrogens with zero attached hydrogens (tertiary/aromatic N) is 1. The van der Waals surface area contributed by atoms with Gasteiger partial charge in [-0.1, -0.05) is 25.5 Å². The molecule has 2 radical (unpaired) electrons. The van der Waals surface area contributed by atoms with E-state index in [1.807, 2.05) is 6.08 Å². The molecule has 0 aromatic heterocycles. The fourth-order valence-corrected chi connectivity index (χ4v) is 1.84. The van der Waals surface area contributed by atoms with Gasteiger partial charge in [0.05, 0.1) is 6.04 Å². The zero-order valence-corrected chi connectivity index (χ0v) is 7.02. The monoisotopic (exact) mass is 137 g/mol. The van der Waals surface area contributed by atoms with Gasteiger partial charge in [0.25, 0.3) is 0 Å². The minimum atomic E-state index is -0.205. The van der Waals surface area contributed by atoms with E-state index in [1.165, 1.54) is 5.57 Å². The van der Waals surface area contributed by atoms with Crippen LogP contribution in [0.5, 0.6) is 0 Å². The Kier molecular flexibility index (Phi) is 1.86. The third-order valence-electron chi connectivity index (χ3n) is 2.00. The topological polar surface area (TPSA) is 22.3 Å². The lowest BCUT2D eigenvalue weighted by Crippen LogP contribution is -2.25. The van der Waals surface area contributed by atoms with Crippen LogP contribution in [-0.4, -0.2) is 6.04 Å². The predicted octanol–water partition coefficient (Wildman–Crippen LogP) is 2.19. The summed E-state index contributed by atoms with van der Waals surface area (Å²) in [4.78, 5) is 0. The van der Waals surface area contributed by atoms with Crippen LogP contribution in [0.3, 0.4) is 0 Å². The second-order valence-electron chi connectivity index (χ2n) is 4.13. The molecule has 0 saturated heterocycles. The lowest BCUT2D eigenvalue weighted by atomic mass is 9.76. The molecule has 0 fully saturated rings. The highest BCUT2D eigenvalue weighted by atomic mass is 14.6. The Morgan fingerprint density at radius 1 is 1.60 bits per heavy atom. The summed E-state index contributed by atoms with van der Waals surface area (Å²) in [5, 5.41) is 0. The van der Waals surface area contributed by atoms with Crippen molar-refractivity contribution in [3.8, 4) is 0 Å². The fraction of sp³-hybridized carbons (Fsp3) is 0.778. The number of hydrogen-bond acceptors (Lipinski definition) is 0. The molecule has 10 heavy (non-hydrogen) atoms. The summed E-state index contributed by atoms with van der Waals surface area (Å²) in [5.41, 5.74) is 11.0. The van der Waals surface area contributed by atoms with Gasteiger partial charge >= 0.3 is 0 Å². The van der Waals surface area contributed by atoms with E-state index in [2.05, 4.69) is 20.8 Å². The molecule has 0 spiro atoms. The molecule has 0 saturated carbocycles. The van der Waals surface area contributed by atoms with Gasteiger partial charge in [-0.25, -0.2) is 0 Å². The van der Waals surface area contributed by atoms with E-state index in [0.29, 0.717) is 5.41 Å². The molecule has 0 aliphatic heterocycles. The minimum Gasteiger partial charge on any atom is -0.137 e. The van der Waals surface area contributed by atoms with E-state index in [1.54, 1.807) is 0 Å². The maximum atomic E-state index is 9.34. The summed E-state index contributed by atoms with van der Waals surface area (Å²) in [6.07, 6.45) is 4.00. The highest BCUT2D eigenvalue weighted by Gasteiger charge is 2.25.